The van der Waals surface area contributed by atoms with Gasteiger partial charge in [-0.15, -0.1) is 0 Å². The number of hydrogen-bond donors (Lipinski definition) is 1. The van der Waals surface area contributed by atoms with Crippen molar-refractivity contribution < 1.29 is 18.3 Å². The van der Waals surface area contributed by atoms with Gasteiger partial charge in [0, 0.05) is 6.54 Å². The maximum Gasteiger partial charge on any atom is 0.322 e. The molecule has 1 N–H and O–H groups in total. The monoisotopic (exact) mass is 235 g/mol. The van der Waals surface area contributed by atoms with Gasteiger partial charge in [-0.25, -0.2) is 8.42 Å². The predicted molar refractivity (Wildman–Crippen MR) is 56.0 cm³/mol. The predicted octanol–water partition coefficient (Wildman–Crippen LogP) is 0.521. The Labute approximate surface area is 90.1 Å². The summed E-state index contributed by atoms with van der Waals surface area (Å²) >= 11 is 0. The second-order valence-corrected chi connectivity index (χ2v) is 6.02. The molecular weight excluding hydrogens is 218 g/mol. The minimum absolute atomic E-state index is 0.0312. The van der Waals surface area contributed by atoms with Crippen LogP contribution in [0.4, 0.5) is 0 Å². The van der Waals surface area contributed by atoms with E-state index in [4.69, 9.17) is 5.11 Å². The number of rotatable bonds is 4. The van der Waals surface area contributed by atoms with Crippen molar-refractivity contribution in [3.8, 4) is 0 Å². The Morgan fingerprint density at radius 1 is 1.53 bits per heavy atom. The van der Waals surface area contributed by atoms with E-state index in [0.717, 1.165) is 4.31 Å². The first-order valence-corrected chi connectivity index (χ1v) is 6.73. The molecule has 0 spiro atoms. The van der Waals surface area contributed by atoms with Crippen LogP contribution in [0.5, 0.6) is 0 Å². The van der Waals surface area contributed by atoms with Crippen LogP contribution in [0.15, 0.2) is 0 Å². The third-order valence-corrected chi connectivity index (χ3v) is 4.77. The van der Waals surface area contributed by atoms with E-state index in [1.165, 1.54) is 0 Å². The molecule has 0 aromatic heterocycles. The Hall–Kier alpha value is -0.620. The number of aliphatic carboxylic acids is 1. The second-order valence-electron chi connectivity index (χ2n) is 3.98. The summed E-state index contributed by atoms with van der Waals surface area (Å²) in [6.07, 6.45) is 1.14. The lowest BCUT2D eigenvalue weighted by Crippen LogP contribution is -2.43. The molecule has 1 heterocycles. The van der Waals surface area contributed by atoms with E-state index in [1.54, 1.807) is 13.8 Å². The van der Waals surface area contributed by atoms with Crippen LogP contribution in [-0.2, 0) is 14.8 Å². The van der Waals surface area contributed by atoms with Gasteiger partial charge in [0.05, 0.1) is 5.75 Å². The maximum absolute atomic E-state index is 11.8. The lowest BCUT2D eigenvalue weighted by molar-refractivity contribution is -0.141. The van der Waals surface area contributed by atoms with Gasteiger partial charge in [-0.2, -0.15) is 4.31 Å². The molecule has 0 amide bonds. The summed E-state index contributed by atoms with van der Waals surface area (Å²) in [7, 11) is -3.38. The number of carboxylic acids is 1. The molecular formula is C9H17NO4S. The SMILES string of the molecule is CCCS(=O)(=O)N1CCC(C)C1C(=O)O. The van der Waals surface area contributed by atoms with Gasteiger partial charge in [0.15, 0.2) is 0 Å². The van der Waals surface area contributed by atoms with Gasteiger partial charge in [-0.1, -0.05) is 13.8 Å². The molecule has 88 valence electrons. The van der Waals surface area contributed by atoms with Gasteiger partial charge in [-0.05, 0) is 18.8 Å². The van der Waals surface area contributed by atoms with Crippen molar-refractivity contribution in [1.82, 2.24) is 4.31 Å². The van der Waals surface area contributed by atoms with Crippen LogP contribution in [0.2, 0.25) is 0 Å². The van der Waals surface area contributed by atoms with E-state index in [1.807, 2.05) is 0 Å². The molecule has 6 heteroatoms. The Bertz CT molecular complexity index is 338. The first-order valence-electron chi connectivity index (χ1n) is 5.12. The first kappa shape index (κ1) is 12.4. The van der Waals surface area contributed by atoms with Crippen LogP contribution in [0.3, 0.4) is 0 Å². The smallest absolute Gasteiger partial charge is 0.322 e. The lowest BCUT2D eigenvalue weighted by Gasteiger charge is -2.22. The van der Waals surface area contributed by atoms with E-state index in [-0.39, 0.29) is 11.7 Å². The molecule has 0 bridgehead atoms. The number of carbonyl (C=O) groups is 1. The number of nitrogens with zero attached hydrogens (tertiary/aromatic N) is 1. The van der Waals surface area contributed by atoms with E-state index in [0.29, 0.717) is 19.4 Å². The second kappa shape index (κ2) is 4.49. The summed E-state index contributed by atoms with van der Waals surface area (Å²) < 4.78 is 24.7. The molecule has 2 atom stereocenters. The van der Waals surface area contributed by atoms with Gasteiger partial charge < -0.3 is 5.11 Å². The minimum atomic E-state index is -3.38. The molecule has 0 aromatic rings. The number of sulfonamides is 1. The zero-order chi connectivity index (χ0) is 11.6. The Morgan fingerprint density at radius 3 is 2.60 bits per heavy atom. The topological polar surface area (TPSA) is 74.7 Å². The molecule has 1 saturated heterocycles. The molecule has 15 heavy (non-hydrogen) atoms. The lowest BCUT2D eigenvalue weighted by atomic mass is 10.0. The largest absolute Gasteiger partial charge is 0.480 e. The molecule has 1 aliphatic heterocycles. The molecule has 0 radical (unpaired) electrons. The summed E-state index contributed by atoms with van der Waals surface area (Å²) in [5.74, 6) is -1.11. The summed E-state index contributed by atoms with van der Waals surface area (Å²) in [6, 6.07) is -0.874. The fourth-order valence-electron chi connectivity index (χ4n) is 1.97. The van der Waals surface area contributed by atoms with Gasteiger partial charge >= 0.3 is 5.97 Å². The quantitative estimate of drug-likeness (QED) is 0.771. The standard InChI is InChI=1S/C9H17NO4S/c1-3-6-15(13,14)10-5-4-7(2)8(10)9(11)12/h7-8H,3-6H2,1-2H3,(H,11,12). The number of carboxylic acid groups (broad SMARTS) is 1. The van der Waals surface area contributed by atoms with Gasteiger partial charge in [-0.3, -0.25) is 4.79 Å². The highest BCUT2D eigenvalue weighted by Crippen LogP contribution is 2.27. The summed E-state index contributed by atoms with van der Waals surface area (Å²) in [6.45, 7) is 3.88. The molecule has 1 rings (SSSR count). The summed E-state index contributed by atoms with van der Waals surface area (Å²) in [5, 5.41) is 8.98. The van der Waals surface area contributed by atoms with Crippen molar-refractivity contribution in [1.29, 1.82) is 0 Å². The van der Waals surface area contributed by atoms with Gasteiger partial charge in [0.25, 0.3) is 0 Å². The highest BCUT2D eigenvalue weighted by Gasteiger charge is 2.42. The molecule has 0 aromatic carbocycles. The van der Waals surface area contributed by atoms with E-state index >= 15 is 0 Å². The highest BCUT2D eigenvalue weighted by molar-refractivity contribution is 7.89. The molecule has 5 nitrogen and oxygen atoms in total. The third-order valence-electron chi connectivity index (χ3n) is 2.73. The van der Waals surface area contributed by atoms with Crippen molar-refractivity contribution in [3.05, 3.63) is 0 Å². The van der Waals surface area contributed by atoms with E-state index in [9.17, 15) is 13.2 Å². The van der Waals surface area contributed by atoms with E-state index in [2.05, 4.69) is 0 Å². The van der Waals surface area contributed by atoms with Crippen LogP contribution < -0.4 is 0 Å². The number of hydrogen-bond acceptors (Lipinski definition) is 3. The third kappa shape index (κ3) is 2.49. The highest BCUT2D eigenvalue weighted by atomic mass is 32.2. The first-order chi connectivity index (χ1) is 6.90. The Kier molecular flexibility index (Phi) is 3.72. The van der Waals surface area contributed by atoms with Crippen LogP contribution in [0.1, 0.15) is 26.7 Å². The maximum atomic E-state index is 11.8. The zero-order valence-corrected chi connectivity index (χ0v) is 9.83. The summed E-state index contributed by atoms with van der Waals surface area (Å²) in [5.41, 5.74) is 0. The van der Waals surface area contributed by atoms with Crippen molar-refractivity contribution in [3.63, 3.8) is 0 Å². The van der Waals surface area contributed by atoms with Crippen LogP contribution >= 0.6 is 0 Å². The minimum Gasteiger partial charge on any atom is -0.480 e. The average molecular weight is 235 g/mol. The van der Waals surface area contributed by atoms with Gasteiger partial charge in [0.1, 0.15) is 6.04 Å². The van der Waals surface area contributed by atoms with Crippen LogP contribution in [0, 0.1) is 5.92 Å². The average Bonchev–Trinajstić information content (AvgIpc) is 2.47. The Balaban J connectivity index is 2.91. The summed E-state index contributed by atoms with van der Waals surface area (Å²) in [4.78, 5) is 11.0. The van der Waals surface area contributed by atoms with Crippen LogP contribution in [0.25, 0.3) is 0 Å². The normalized spacial score (nSPS) is 28.1. The van der Waals surface area contributed by atoms with Crippen molar-refractivity contribution >= 4 is 16.0 Å². The zero-order valence-electron chi connectivity index (χ0n) is 9.01. The molecule has 0 aliphatic carbocycles. The van der Waals surface area contributed by atoms with Gasteiger partial charge in [0.2, 0.25) is 10.0 Å². The van der Waals surface area contributed by atoms with Crippen molar-refractivity contribution in [2.75, 3.05) is 12.3 Å². The Morgan fingerprint density at radius 2 is 2.13 bits per heavy atom. The molecule has 1 fully saturated rings. The molecule has 1 aliphatic rings. The van der Waals surface area contributed by atoms with Crippen molar-refractivity contribution in [2.45, 2.75) is 32.7 Å². The van der Waals surface area contributed by atoms with Crippen LogP contribution in [-0.4, -0.2) is 42.1 Å². The fraction of sp³-hybridized carbons (Fsp3) is 0.889. The molecule has 0 saturated carbocycles. The fourth-order valence-corrected chi connectivity index (χ4v) is 3.74. The van der Waals surface area contributed by atoms with Crippen molar-refractivity contribution in [2.24, 2.45) is 5.92 Å². The molecule has 2 unspecified atom stereocenters. The van der Waals surface area contributed by atoms with E-state index < -0.39 is 22.0 Å².